The van der Waals surface area contributed by atoms with Crippen LogP contribution in [0.1, 0.15) is 5.56 Å². The van der Waals surface area contributed by atoms with Crippen LogP contribution >= 0.6 is 0 Å². The predicted molar refractivity (Wildman–Crippen MR) is 112 cm³/mol. The van der Waals surface area contributed by atoms with Crippen LogP contribution in [0, 0.1) is 11.6 Å². The fraction of sp³-hybridized carbons (Fsp3) is 0.409. The van der Waals surface area contributed by atoms with Gasteiger partial charge in [-0.3, -0.25) is 4.90 Å². The summed E-state index contributed by atoms with van der Waals surface area (Å²) in [7, 11) is 1.85. The highest BCUT2D eigenvalue weighted by atomic mass is 19.1. The maximum atomic E-state index is 13.7. The Kier molecular flexibility index (Phi) is 7.91. The van der Waals surface area contributed by atoms with E-state index in [9.17, 15) is 23.8 Å². The Morgan fingerprint density at radius 1 is 1.16 bits per heavy atom. The van der Waals surface area contributed by atoms with Gasteiger partial charge in [0.2, 0.25) is 0 Å². The lowest BCUT2D eigenvalue weighted by molar-refractivity contribution is -0.0205. The van der Waals surface area contributed by atoms with Gasteiger partial charge in [-0.25, -0.2) is 13.6 Å². The molecular formula is C22H27F2N3O4. The fourth-order valence-corrected chi connectivity index (χ4v) is 3.74. The number of halogens is 2. The molecule has 7 nitrogen and oxygen atoms in total. The monoisotopic (exact) mass is 435 g/mol. The number of rotatable bonds is 8. The number of amides is 2. The number of anilines is 1. The maximum Gasteiger partial charge on any atom is 0.319 e. The minimum Gasteiger partial charge on any atom is -0.394 e. The van der Waals surface area contributed by atoms with Gasteiger partial charge in [0.1, 0.15) is 23.8 Å². The first-order valence-electron chi connectivity index (χ1n) is 10.1. The summed E-state index contributed by atoms with van der Waals surface area (Å²) in [6.07, 6.45) is -1.53. The summed E-state index contributed by atoms with van der Waals surface area (Å²) in [5.74, 6) is -1.63. The van der Waals surface area contributed by atoms with E-state index in [1.807, 2.05) is 42.3 Å². The molecule has 0 aliphatic carbocycles. The van der Waals surface area contributed by atoms with Crippen LogP contribution in [0.4, 0.5) is 19.3 Å². The lowest BCUT2D eigenvalue weighted by Crippen LogP contribution is -2.50. The molecule has 1 aliphatic heterocycles. The molecule has 168 valence electrons. The number of aliphatic hydroxyl groups excluding tert-OH is 2. The van der Waals surface area contributed by atoms with E-state index >= 15 is 0 Å². The van der Waals surface area contributed by atoms with Crippen molar-refractivity contribution in [1.82, 2.24) is 10.2 Å². The topological polar surface area (TPSA) is 94.1 Å². The van der Waals surface area contributed by atoms with Crippen molar-refractivity contribution < 1.29 is 28.5 Å². The van der Waals surface area contributed by atoms with E-state index in [0.717, 1.165) is 24.1 Å². The lowest BCUT2D eigenvalue weighted by Gasteiger charge is -2.30. The smallest absolute Gasteiger partial charge is 0.319 e. The Labute approximate surface area is 179 Å². The molecule has 0 aromatic heterocycles. The number of nitrogens with zero attached hydrogens (tertiary/aromatic N) is 1. The second kappa shape index (κ2) is 10.6. The molecule has 2 aromatic rings. The van der Waals surface area contributed by atoms with Crippen molar-refractivity contribution in [3.63, 3.8) is 0 Å². The Morgan fingerprint density at radius 2 is 1.90 bits per heavy atom. The van der Waals surface area contributed by atoms with Crippen molar-refractivity contribution in [2.45, 2.75) is 30.8 Å². The molecule has 1 aliphatic rings. The number of likely N-dealkylation sites (N-methyl/N-ethyl adjacent to an activating group) is 1. The van der Waals surface area contributed by atoms with Crippen LogP contribution in [-0.4, -0.2) is 72.2 Å². The van der Waals surface area contributed by atoms with Crippen LogP contribution in [0.5, 0.6) is 0 Å². The Balaban J connectivity index is 1.58. The SMILES string of the molecule is CN(CCc1ccccc1)[C@H]1[C@H](O)[C@H](CO)O[C@@H]1CNC(=O)Nc1ccc(F)cc1F. The van der Waals surface area contributed by atoms with Crippen molar-refractivity contribution in [3.05, 3.63) is 65.7 Å². The molecule has 31 heavy (non-hydrogen) atoms. The third-order valence-electron chi connectivity index (χ3n) is 5.39. The number of hydrogen-bond donors (Lipinski definition) is 4. The van der Waals surface area contributed by atoms with Crippen molar-refractivity contribution in [1.29, 1.82) is 0 Å². The van der Waals surface area contributed by atoms with Crippen LogP contribution in [0.3, 0.4) is 0 Å². The molecule has 9 heteroatoms. The second-order valence-corrected chi connectivity index (χ2v) is 7.55. The summed E-state index contributed by atoms with van der Waals surface area (Å²) in [6, 6.07) is 11.6. The summed E-state index contributed by atoms with van der Waals surface area (Å²) in [6.45, 7) is 0.312. The average Bonchev–Trinajstić information content (AvgIpc) is 3.08. The van der Waals surface area contributed by atoms with E-state index in [1.54, 1.807) is 0 Å². The first kappa shape index (κ1) is 23.1. The minimum atomic E-state index is -0.935. The van der Waals surface area contributed by atoms with Gasteiger partial charge in [0.05, 0.1) is 24.4 Å². The second-order valence-electron chi connectivity index (χ2n) is 7.55. The molecule has 0 unspecified atom stereocenters. The van der Waals surface area contributed by atoms with Gasteiger partial charge in [0.25, 0.3) is 0 Å². The van der Waals surface area contributed by atoms with Crippen LogP contribution in [-0.2, 0) is 11.2 Å². The average molecular weight is 435 g/mol. The molecule has 0 saturated carbocycles. The molecule has 2 amide bonds. The molecule has 4 N–H and O–H groups in total. The zero-order valence-corrected chi connectivity index (χ0v) is 17.2. The van der Waals surface area contributed by atoms with Crippen LogP contribution in [0.15, 0.2) is 48.5 Å². The van der Waals surface area contributed by atoms with E-state index in [4.69, 9.17) is 4.74 Å². The molecule has 0 radical (unpaired) electrons. The van der Waals surface area contributed by atoms with E-state index in [1.165, 1.54) is 0 Å². The summed E-state index contributed by atoms with van der Waals surface area (Å²) in [5.41, 5.74) is 0.993. The van der Waals surface area contributed by atoms with Gasteiger partial charge in [-0.1, -0.05) is 30.3 Å². The third-order valence-corrected chi connectivity index (χ3v) is 5.39. The molecule has 0 spiro atoms. The Bertz CT molecular complexity index is 871. The highest BCUT2D eigenvalue weighted by Gasteiger charge is 2.45. The Morgan fingerprint density at radius 3 is 2.58 bits per heavy atom. The van der Waals surface area contributed by atoms with E-state index in [-0.39, 0.29) is 18.8 Å². The van der Waals surface area contributed by atoms with Gasteiger partial charge in [-0.05, 0) is 31.2 Å². The number of nitrogens with one attached hydrogen (secondary N) is 2. The molecule has 3 rings (SSSR count). The molecule has 4 atom stereocenters. The van der Waals surface area contributed by atoms with Crippen LogP contribution < -0.4 is 10.6 Å². The fourth-order valence-electron chi connectivity index (χ4n) is 3.74. The van der Waals surface area contributed by atoms with Crippen LogP contribution in [0.2, 0.25) is 0 Å². The van der Waals surface area contributed by atoms with Gasteiger partial charge in [0, 0.05) is 19.2 Å². The molecule has 0 bridgehead atoms. The van der Waals surface area contributed by atoms with Crippen LogP contribution in [0.25, 0.3) is 0 Å². The van der Waals surface area contributed by atoms with Gasteiger partial charge in [0.15, 0.2) is 0 Å². The number of ether oxygens (including phenoxy) is 1. The van der Waals surface area contributed by atoms with Gasteiger partial charge in [-0.15, -0.1) is 0 Å². The lowest BCUT2D eigenvalue weighted by atomic mass is 10.0. The molecule has 2 aromatic carbocycles. The molecule has 1 saturated heterocycles. The summed E-state index contributed by atoms with van der Waals surface area (Å²) >= 11 is 0. The zero-order valence-electron chi connectivity index (χ0n) is 17.2. The third kappa shape index (κ3) is 5.98. The highest BCUT2D eigenvalue weighted by Crippen LogP contribution is 2.25. The first-order chi connectivity index (χ1) is 14.9. The summed E-state index contributed by atoms with van der Waals surface area (Å²) < 4.78 is 32.5. The standard InChI is InChI=1S/C22H27F2N3O4/c1-27(10-9-14-5-3-2-4-6-14)20-18(31-19(13-28)21(20)29)12-25-22(30)26-17-8-7-15(23)11-16(17)24/h2-8,11,18-21,28-29H,9-10,12-13H2,1H3,(H2,25,26,30)/t18-,19+,20-,21-/m1/s1. The Hall–Kier alpha value is -2.59. The van der Waals surface area contributed by atoms with E-state index < -0.39 is 42.0 Å². The summed E-state index contributed by atoms with van der Waals surface area (Å²) in [5, 5.41) is 25.0. The van der Waals surface area contributed by atoms with E-state index in [2.05, 4.69) is 10.6 Å². The van der Waals surface area contributed by atoms with E-state index in [0.29, 0.717) is 12.6 Å². The quantitative estimate of drug-likeness (QED) is 0.507. The van der Waals surface area contributed by atoms with Gasteiger partial charge >= 0.3 is 6.03 Å². The van der Waals surface area contributed by atoms with Gasteiger partial charge in [-0.2, -0.15) is 0 Å². The van der Waals surface area contributed by atoms with Crippen molar-refractivity contribution >= 4 is 11.7 Å². The number of carbonyl (C=O) groups excluding carboxylic acids is 1. The predicted octanol–water partition coefficient (Wildman–Crippen LogP) is 1.75. The summed E-state index contributed by atoms with van der Waals surface area (Å²) in [4.78, 5) is 14.1. The molecule has 1 heterocycles. The van der Waals surface area contributed by atoms with Crippen molar-refractivity contribution in [2.75, 3.05) is 32.1 Å². The number of urea groups is 1. The van der Waals surface area contributed by atoms with Crippen molar-refractivity contribution in [2.24, 2.45) is 0 Å². The first-order valence-corrected chi connectivity index (χ1v) is 10.1. The zero-order chi connectivity index (χ0) is 22.4. The molecular weight excluding hydrogens is 408 g/mol. The highest BCUT2D eigenvalue weighted by molar-refractivity contribution is 5.89. The number of carbonyl (C=O) groups is 1. The number of benzene rings is 2. The number of hydrogen-bond acceptors (Lipinski definition) is 5. The normalized spacial score (nSPS) is 23.2. The number of aliphatic hydroxyl groups is 2. The van der Waals surface area contributed by atoms with Gasteiger partial charge < -0.3 is 25.6 Å². The maximum absolute atomic E-state index is 13.7. The van der Waals surface area contributed by atoms with Crippen molar-refractivity contribution in [3.8, 4) is 0 Å². The molecule has 1 fully saturated rings. The largest absolute Gasteiger partial charge is 0.394 e. The minimum absolute atomic E-state index is 0.0303.